The molecule has 1 N–H and O–H groups in total. The zero-order chi connectivity index (χ0) is 19.2. The van der Waals surface area contributed by atoms with Crippen molar-refractivity contribution in [3.05, 3.63) is 0 Å². The van der Waals surface area contributed by atoms with Crippen molar-refractivity contribution >= 4 is 12.0 Å². The van der Waals surface area contributed by atoms with Crippen LogP contribution >= 0.6 is 0 Å². The van der Waals surface area contributed by atoms with Crippen LogP contribution in [0, 0.1) is 17.2 Å². The number of alkyl carbamates (subject to hydrolysis) is 1. The van der Waals surface area contributed by atoms with Crippen molar-refractivity contribution in [2.24, 2.45) is 5.92 Å². The SMILES string of the molecule is CC(C)(C)OC(=O)NC(CC(=O)N1CCCC1C#N)CC1CCCCC1. The molecule has 0 radical (unpaired) electrons. The molecule has 146 valence electrons. The quantitative estimate of drug-likeness (QED) is 0.806. The van der Waals surface area contributed by atoms with E-state index in [1.165, 1.54) is 19.3 Å². The number of ether oxygens (including phenoxy) is 1. The van der Waals surface area contributed by atoms with E-state index in [1.807, 2.05) is 20.8 Å². The fraction of sp³-hybridized carbons (Fsp3) is 0.850. The van der Waals surface area contributed by atoms with Gasteiger partial charge >= 0.3 is 6.09 Å². The van der Waals surface area contributed by atoms with Gasteiger partial charge in [0.2, 0.25) is 5.91 Å². The third-order valence-electron chi connectivity index (χ3n) is 5.21. The molecular formula is C20H33N3O3. The fourth-order valence-electron chi connectivity index (χ4n) is 4.02. The van der Waals surface area contributed by atoms with Crippen LogP contribution < -0.4 is 5.32 Å². The maximum absolute atomic E-state index is 12.7. The Labute approximate surface area is 157 Å². The van der Waals surface area contributed by atoms with E-state index in [-0.39, 0.29) is 24.4 Å². The Morgan fingerprint density at radius 1 is 1.19 bits per heavy atom. The topological polar surface area (TPSA) is 82.4 Å². The number of nitriles is 1. The summed E-state index contributed by atoms with van der Waals surface area (Å²) in [6.07, 6.45) is 8.23. The lowest BCUT2D eigenvalue weighted by atomic mass is 9.84. The van der Waals surface area contributed by atoms with Crippen LogP contribution in [0.4, 0.5) is 4.79 Å². The van der Waals surface area contributed by atoms with Gasteiger partial charge in [-0.3, -0.25) is 4.79 Å². The molecule has 1 saturated heterocycles. The van der Waals surface area contributed by atoms with Gasteiger partial charge in [0.25, 0.3) is 0 Å². The van der Waals surface area contributed by atoms with Crippen molar-refractivity contribution in [2.45, 2.75) is 96.2 Å². The highest BCUT2D eigenvalue weighted by Gasteiger charge is 2.31. The third kappa shape index (κ3) is 6.51. The molecule has 0 spiro atoms. The predicted octanol–water partition coefficient (Wildman–Crippen LogP) is 3.75. The first-order valence-corrected chi connectivity index (χ1v) is 9.97. The molecule has 6 heteroatoms. The first kappa shape index (κ1) is 20.5. The summed E-state index contributed by atoms with van der Waals surface area (Å²) in [6, 6.07) is 1.66. The highest BCUT2D eigenvalue weighted by molar-refractivity contribution is 5.79. The number of nitrogens with one attached hydrogen (secondary N) is 1. The van der Waals surface area contributed by atoms with E-state index >= 15 is 0 Å². The van der Waals surface area contributed by atoms with E-state index in [0.29, 0.717) is 12.5 Å². The molecule has 0 aromatic rings. The Kier molecular flexibility index (Phi) is 7.31. The lowest BCUT2D eigenvalue weighted by Gasteiger charge is -2.29. The molecule has 0 bridgehead atoms. The fourth-order valence-corrected chi connectivity index (χ4v) is 4.02. The standard InChI is InChI=1S/C20H33N3O3/c1-20(2,3)26-19(25)22-16(12-15-8-5-4-6-9-15)13-18(24)23-11-7-10-17(23)14-21/h15-17H,4-13H2,1-3H3,(H,22,25). The Balaban J connectivity index is 1.98. The van der Waals surface area contributed by atoms with Gasteiger partial charge in [-0.1, -0.05) is 32.1 Å². The monoisotopic (exact) mass is 363 g/mol. The van der Waals surface area contributed by atoms with E-state index in [9.17, 15) is 14.9 Å². The van der Waals surface area contributed by atoms with E-state index < -0.39 is 11.7 Å². The first-order chi connectivity index (χ1) is 12.3. The van der Waals surface area contributed by atoms with Crippen molar-refractivity contribution in [3.8, 4) is 6.07 Å². The van der Waals surface area contributed by atoms with E-state index in [4.69, 9.17) is 4.74 Å². The second kappa shape index (κ2) is 9.25. The number of hydrogen-bond donors (Lipinski definition) is 1. The number of amides is 2. The van der Waals surface area contributed by atoms with E-state index in [1.54, 1.807) is 4.90 Å². The molecule has 0 aromatic heterocycles. The molecule has 2 rings (SSSR count). The normalized spacial score (nSPS) is 22.5. The van der Waals surface area contributed by atoms with Gasteiger partial charge in [-0.2, -0.15) is 5.26 Å². The number of likely N-dealkylation sites (tertiary alicyclic amines) is 1. The Morgan fingerprint density at radius 2 is 1.88 bits per heavy atom. The van der Waals surface area contributed by atoms with Gasteiger partial charge in [0.05, 0.1) is 6.07 Å². The van der Waals surface area contributed by atoms with Gasteiger partial charge in [0.1, 0.15) is 11.6 Å². The minimum atomic E-state index is -0.565. The van der Waals surface area contributed by atoms with Gasteiger partial charge in [-0.25, -0.2) is 4.79 Å². The van der Waals surface area contributed by atoms with Crippen molar-refractivity contribution < 1.29 is 14.3 Å². The van der Waals surface area contributed by atoms with Crippen molar-refractivity contribution in [1.82, 2.24) is 10.2 Å². The van der Waals surface area contributed by atoms with Gasteiger partial charge in [0, 0.05) is 19.0 Å². The zero-order valence-electron chi connectivity index (χ0n) is 16.4. The molecule has 6 nitrogen and oxygen atoms in total. The lowest BCUT2D eigenvalue weighted by molar-refractivity contribution is -0.131. The summed E-state index contributed by atoms with van der Waals surface area (Å²) in [5.74, 6) is 0.507. The van der Waals surface area contributed by atoms with Crippen LogP contribution in [0.15, 0.2) is 0 Å². The summed E-state index contributed by atoms with van der Waals surface area (Å²) >= 11 is 0. The molecule has 1 aliphatic carbocycles. The Hall–Kier alpha value is -1.77. The molecule has 2 amide bonds. The van der Waals surface area contributed by atoms with Crippen LogP contribution in [0.25, 0.3) is 0 Å². The number of carbonyl (C=O) groups is 2. The summed E-state index contributed by atoms with van der Waals surface area (Å²) in [5, 5.41) is 12.1. The van der Waals surface area contributed by atoms with E-state index in [0.717, 1.165) is 32.1 Å². The van der Waals surface area contributed by atoms with Gasteiger partial charge in [-0.05, 0) is 46.0 Å². The smallest absolute Gasteiger partial charge is 0.407 e. The second-order valence-electron chi connectivity index (χ2n) is 8.66. The Bertz CT molecular complexity index is 529. The minimum absolute atomic E-state index is 0.0362. The van der Waals surface area contributed by atoms with Gasteiger partial charge in [-0.15, -0.1) is 0 Å². The number of carbonyl (C=O) groups excluding carboxylic acids is 2. The average molecular weight is 364 g/mol. The predicted molar refractivity (Wildman–Crippen MR) is 99.3 cm³/mol. The van der Waals surface area contributed by atoms with Crippen molar-refractivity contribution in [3.63, 3.8) is 0 Å². The summed E-state index contributed by atoms with van der Waals surface area (Å²) in [6.45, 7) is 6.13. The second-order valence-corrected chi connectivity index (χ2v) is 8.66. The number of rotatable bonds is 5. The van der Waals surface area contributed by atoms with Crippen molar-refractivity contribution in [2.75, 3.05) is 6.54 Å². The molecule has 2 unspecified atom stereocenters. The molecule has 0 aromatic carbocycles. The van der Waals surface area contributed by atoms with Crippen molar-refractivity contribution in [1.29, 1.82) is 5.26 Å². The molecule has 2 atom stereocenters. The van der Waals surface area contributed by atoms with Crippen LogP contribution in [-0.2, 0) is 9.53 Å². The highest BCUT2D eigenvalue weighted by atomic mass is 16.6. The lowest BCUT2D eigenvalue weighted by Crippen LogP contribution is -2.44. The first-order valence-electron chi connectivity index (χ1n) is 9.97. The molecule has 1 saturated carbocycles. The van der Waals surface area contributed by atoms with Crippen LogP contribution in [0.5, 0.6) is 0 Å². The van der Waals surface area contributed by atoms with Crippen LogP contribution in [0.3, 0.4) is 0 Å². The molecular weight excluding hydrogens is 330 g/mol. The number of nitrogens with zero attached hydrogens (tertiary/aromatic N) is 2. The van der Waals surface area contributed by atoms with Gasteiger partial charge < -0.3 is 15.0 Å². The van der Waals surface area contributed by atoms with Crippen LogP contribution in [0.1, 0.15) is 78.6 Å². The largest absolute Gasteiger partial charge is 0.444 e. The van der Waals surface area contributed by atoms with Crippen LogP contribution in [0.2, 0.25) is 0 Å². The molecule has 1 aliphatic heterocycles. The Morgan fingerprint density at radius 3 is 2.50 bits per heavy atom. The highest BCUT2D eigenvalue weighted by Crippen LogP contribution is 2.28. The van der Waals surface area contributed by atoms with Gasteiger partial charge in [0.15, 0.2) is 0 Å². The summed E-state index contributed by atoms with van der Waals surface area (Å²) in [4.78, 5) is 26.6. The molecule has 2 fully saturated rings. The molecule has 2 aliphatic rings. The maximum Gasteiger partial charge on any atom is 0.407 e. The number of hydrogen-bond acceptors (Lipinski definition) is 4. The molecule has 26 heavy (non-hydrogen) atoms. The third-order valence-corrected chi connectivity index (χ3v) is 5.21. The zero-order valence-corrected chi connectivity index (χ0v) is 16.4. The summed E-state index contributed by atoms with van der Waals surface area (Å²) < 4.78 is 5.38. The van der Waals surface area contributed by atoms with E-state index in [2.05, 4.69) is 11.4 Å². The molecule has 1 heterocycles. The summed E-state index contributed by atoms with van der Waals surface area (Å²) in [5.41, 5.74) is -0.565. The minimum Gasteiger partial charge on any atom is -0.444 e. The maximum atomic E-state index is 12.7. The average Bonchev–Trinajstić information content (AvgIpc) is 3.02. The van der Waals surface area contributed by atoms with Crippen LogP contribution in [-0.4, -0.2) is 41.1 Å². The summed E-state index contributed by atoms with van der Waals surface area (Å²) in [7, 11) is 0.